The summed E-state index contributed by atoms with van der Waals surface area (Å²) in [5, 5.41) is 8.47. The van der Waals surface area contributed by atoms with Crippen molar-refractivity contribution in [2.45, 2.75) is 38.5 Å². The first-order valence-corrected chi connectivity index (χ1v) is 4.01. The van der Waals surface area contributed by atoms with Gasteiger partial charge in [0.25, 0.3) is 0 Å². The van der Waals surface area contributed by atoms with Gasteiger partial charge in [0.2, 0.25) is 0 Å². The zero-order chi connectivity index (χ0) is 7.40. The van der Waals surface area contributed by atoms with Gasteiger partial charge in [0.05, 0.1) is 0 Å². The SMILES string of the molecule is O=C(O)CC1CCCCC1.[Tl]. The van der Waals surface area contributed by atoms with Gasteiger partial charge in [0, 0.05) is 33.7 Å². The normalized spacial score (nSPS) is 18.9. The van der Waals surface area contributed by atoms with Crippen molar-refractivity contribution in [2.75, 3.05) is 0 Å². The molecular formula is C8H14O2Tl. The number of hydrogen-bond donors (Lipinski definition) is 1. The van der Waals surface area contributed by atoms with E-state index < -0.39 is 5.97 Å². The first kappa shape index (κ1) is 11.4. The van der Waals surface area contributed by atoms with Crippen LogP contribution in [0, 0.1) is 5.92 Å². The van der Waals surface area contributed by atoms with Crippen molar-refractivity contribution in [3.8, 4) is 0 Å². The first-order chi connectivity index (χ1) is 4.79. The zero-order valence-corrected chi connectivity index (χ0v) is 11.2. The second-order valence-corrected chi connectivity index (χ2v) is 3.10. The first-order valence-electron chi connectivity index (χ1n) is 4.01. The molecule has 0 aromatic heterocycles. The molecule has 1 fully saturated rings. The topological polar surface area (TPSA) is 37.3 Å². The van der Waals surface area contributed by atoms with Crippen LogP contribution in [0.25, 0.3) is 0 Å². The van der Waals surface area contributed by atoms with Gasteiger partial charge in [0.15, 0.2) is 0 Å². The Morgan fingerprint density at radius 3 is 2.27 bits per heavy atom. The third kappa shape index (κ3) is 4.77. The Morgan fingerprint density at radius 1 is 1.27 bits per heavy atom. The van der Waals surface area contributed by atoms with Crippen molar-refractivity contribution in [2.24, 2.45) is 5.92 Å². The van der Waals surface area contributed by atoms with E-state index in [9.17, 15) is 4.79 Å². The van der Waals surface area contributed by atoms with Crippen LogP contribution in [0.3, 0.4) is 0 Å². The molecule has 0 atom stereocenters. The molecule has 0 aromatic rings. The minimum absolute atomic E-state index is 0. The average Bonchev–Trinajstić information content (AvgIpc) is 1.88. The molecule has 1 N–H and O–H groups in total. The van der Waals surface area contributed by atoms with E-state index in [2.05, 4.69) is 0 Å². The van der Waals surface area contributed by atoms with Crippen LogP contribution in [-0.4, -0.2) is 38.4 Å². The molecule has 1 rings (SSSR count). The molecule has 1 aliphatic rings. The van der Waals surface area contributed by atoms with Crippen molar-refractivity contribution in [3.63, 3.8) is 0 Å². The van der Waals surface area contributed by atoms with Gasteiger partial charge in [-0.3, -0.25) is 4.79 Å². The van der Waals surface area contributed by atoms with Crippen molar-refractivity contribution < 1.29 is 9.90 Å². The number of hydrogen-bond acceptors (Lipinski definition) is 1. The summed E-state index contributed by atoms with van der Waals surface area (Å²) in [6.45, 7) is 0. The summed E-state index contributed by atoms with van der Waals surface area (Å²) in [5.74, 6) is -0.154. The van der Waals surface area contributed by atoms with Gasteiger partial charge in [-0.05, 0) is 18.8 Å². The monoisotopic (exact) mass is 347 g/mol. The van der Waals surface area contributed by atoms with Crippen LogP contribution >= 0.6 is 0 Å². The largest absolute Gasteiger partial charge is 0.481 e. The standard InChI is InChI=1S/C8H14O2.Tl/c9-8(10)6-7-4-2-1-3-5-7;/h7H,1-6H2,(H,9,10);. The Morgan fingerprint density at radius 2 is 1.82 bits per heavy atom. The molecule has 0 unspecified atom stereocenters. The Hall–Kier alpha value is 0.392. The number of carboxylic acid groups (broad SMARTS) is 1. The van der Waals surface area contributed by atoms with Crippen LogP contribution in [0.4, 0.5) is 0 Å². The van der Waals surface area contributed by atoms with E-state index in [1.165, 1.54) is 19.3 Å². The molecular weight excluding hydrogens is 332 g/mol. The predicted octanol–water partition coefficient (Wildman–Crippen LogP) is 1.66. The van der Waals surface area contributed by atoms with Crippen LogP contribution in [0.15, 0.2) is 0 Å². The molecule has 1 radical (unpaired) electrons. The molecule has 0 amide bonds. The second kappa shape index (κ2) is 5.97. The summed E-state index contributed by atoms with van der Waals surface area (Å²) in [5.41, 5.74) is 0. The van der Waals surface area contributed by atoms with Crippen molar-refractivity contribution >= 4 is 33.3 Å². The maximum Gasteiger partial charge on any atom is 0.303 e. The van der Waals surface area contributed by atoms with Gasteiger partial charge in [-0.25, -0.2) is 0 Å². The molecule has 3 heteroatoms. The Balaban J connectivity index is 0.000001000. The number of aliphatic carboxylic acids is 1. The van der Waals surface area contributed by atoms with Gasteiger partial charge in [-0.1, -0.05) is 19.3 Å². The number of carboxylic acids is 1. The van der Waals surface area contributed by atoms with Gasteiger partial charge < -0.3 is 5.11 Å². The van der Waals surface area contributed by atoms with Crippen LogP contribution < -0.4 is 0 Å². The van der Waals surface area contributed by atoms with Gasteiger partial charge >= 0.3 is 5.97 Å². The molecule has 0 spiro atoms. The minimum atomic E-state index is -0.632. The predicted molar refractivity (Wildman–Crippen MR) is 44.6 cm³/mol. The smallest absolute Gasteiger partial charge is 0.303 e. The van der Waals surface area contributed by atoms with E-state index in [1.807, 2.05) is 0 Å². The average molecular weight is 347 g/mol. The van der Waals surface area contributed by atoms with Crippen LogP contribution in [-0.2, 0) is 4.79 Å². The van der Waals surface area contributed by atoms with E-state index >= 15 is 0 Å². The van der Waals surface area contributed by atoms with Gasteiger partial charge in [-0.15, -0.1) is 0 Å². The van der Waals surface area contributed by atoms with E-state index in [0.29, 0.717) is 12.3 Å². The molecule has 61 valence electrons. The van der Waals surface area contributed by atoms with Gasteiger partial charge in [0.1, 0.15) is 0 Å². The second-order valence-electron chi connectivity index (χ2n) is 3.10. The zero-order valence-electron chi connectivity index (χ0n) is 6.75. The van der Waals surface area contributed by atoms with E-state index in [-0.39, 0.29) is 27.3 Å². The van der Waals surface area contributed by atoms with Gasteiger partial charge in [-0.2, -0.15) is 0 Å². The molecule has 2 nitrogen and oxygen atoms in total. The maximum absolute atomic E-state index is 10.3. The molecule has 1 aliphatic carbocycles. The summed E-state index contributed by atoms with van der Waals surface area (Å²) in [7, 11) is 0. The summed E-state index contributed by atoms with van der Waals surface area (Å²) in [6, 6.07) is 0. The van der Waals surface area contributed by atoms with Crippen molar-refractivity contribution in [1.29, 1.82) is 0 Å². The molecule has 0 heterocycles. The van der Waals surface area contributed by atoms with Crippen LogP contribution in [0.1, 0.15) is 38.5 Å². The van der Waals surface area contributed by atoms with Crippen LogP contribution in [0.5, 0.6) is 0 Å². The van der Waals surface area contributed by atoms with E-state index in [0.717, 1.165) is 12.8 Å². The fourth-order valence-electron chi connectivity index (χ4n) is 1.64. The molecule has 11 heavy (non-hydrogen) atoms. The summed E-state index contributed by atoms with van der Waals surface area (Å²) >= 11 is 0. The summed E-state index contributed by atoms with van der Waals surface area (Å²) < 4.78 is 0. The number of rotatable bonds is 2. The minimum Gasteiger partial charge on any atom is -0.481 e. The Bertz CT molecular complexity index is 119. The third-order valence-corrected chi connectivity index (χ3v) is 2.19. The quantitative estimate of drug-likeness (QED) is 0.772. The fourth-order valence-corrected chi connectivity index (χ4v) is 1.64. The van der Waals surface area contributed by atoms with Crippen molar-refractivity contribution in [1.82, 2.24) is 0 Å². The molecule has 0 bridgehead atoms. The molecule has 1 saturated carbocycles. The molecule has 0 aromatic carbocycles. The maximum atomic E-state index is 10.3. The summed E-state index contributed by atoms with van der Waals surface area (Å²) in [6.07, 6.45) is 6.42. The Kier molecular flexibility index (Phi) is 6.18. The van der Waals surface area contributed by atoms with Crippen molar-refractivity contribution in [3.05, 3.63) is 0 Å². The van der Waals surface area contributed by atoms with E-state index in [1.54, 1.807) is 0 Å². The van der Waals surface area contributed by atoms with Crippen LogP contribution in [0.2, 0.25) is 0 Å². The summed E-state index contributed by atoms with van der Waals surface area (Å²) in [4.78, 5) is 10.3. The molecule has 0 aliphatic heterocycles. The number of carbonyl (C=O) groups is 1. The Labute approximate surface area is 87.5 Å². The fraction of sp³-hybridized carbons (Fsp3) is 0.875. The third-order valence-electron chi connectivity index (χ3n) is 2.19. The molecule has 0 saturated heterocycles. The van der Waals surface area contributed by atoms with E-state index in [4.69, 9.17) is 5.11 Å².